The summed E-state index contributed by atoms with van der Waals surface area (Å²) in [7, 11) is 0. The van der Waals surface area contributed by atoms with Crippen LogP contribution in [0.2, 0.25) is 0 Å². The van der Waals surface area contributed by atoms with Gasteiger partial charge in [-0.3, -0.25) is 0 Å². The summed E-state index contributed by atoms with van der Waals surface area (Å²) >= 11 is 0. The Morgan fingerprint density at radius 1 is 1.29 bits per heavy atom. The minimum atomic E-state index is -4.77. The van der Waals surface area contributed by atoms with Crippen molar-refractivity contribution in [3.63, 3.8) is 0 Å². The second-order valence-corrected chi connectivity index (χ2v) is 4.38. The van der Waals surface area contributed by atoms with Gasteiger partial charge in [0.05, 0.1) is 0 Å². The van der Waals surface area contributed by atoms with E-state index in [0.717, 1.165) is 24.1 Å². The Morgan fingerprint density at radius 3 is 2.59 bits per heavy atom. The van der Waals surface area contributed by atoms with Crippen LogP contribution in [0.5, 0.6) is 0 Å². The molecule has 2 rings (SSSR count). The molecular weight excluding hydrogens is 253 g/mol. The number of benzene rings is 1. The van der Waals surface area contributed by atoms with Crippen molar-refractivity contribution in [1.82, 2.24) is 0 Å². The van der Waals surface area contributed by atoms with Crippen LogP contribution in [-0.4, -0.2) is 19.5 Å². The summed E-state index contributed by atoms with van der Waals surface area (Å²) in [6, 6.07) is 7.35. The van der Waals surface area contributed by atoms with Crippen molar-refractivity contribution >= 4 is 12.7 Å². The summed E-state index contributed by atoms with van der Waals surface area (Å²) in [6.45, 7) is -2.91. The van der Waals surface area contributed by atoms with Gasteiger partial charge in [-0.15, -0.1) is 0 Å². The molecule has 0 aromatic heterocycles. The van der Waals surface area contributed by atoms with Crippen molar-refractivity contribution in [2.75, 3.05) is 11.3 Å². The molecule has 0 amide bonds. The molecule has 0 radical (unpaired) electrons. The first kappa shape index (κ1) is 15.6. The predicted molar refractivity (Wildman–Crippen MR) is 60.6 cm³/mol. The van der Waals surface area contributed by atoms with Gasteiger partial charge in [0, 0.05) is 11.7 Å². The van der Waals surface area contributed by atoms with Crippen molar-refractivity contribution in [2.24, 2.45) is 0 Å². The van der Waals surface area contributed by atoms with Gasteiger partial charge >= 0.3 is 58.4 Å². The number of nitrogens with zero attached hydrogens (tertiary/aromatic N) is 1. The third-order valence-electron chi connectivity index (χ3n) is 3.07. The molecule has 0 aliphatic carbocycles. The SMILES string of the molecule is CC1CCc2ccccc2N1C[B-](F)(F)F.[K+]. The van der Waals surface area contributed by atoms with Gasteiger partial charge < -0.3 is 17.8 Å². The third-order valence-corrected chi connectivity index (χ3v) is 3.07. The Kier molecular flexibility index (Phi) is 5.59. The van der Waals surface area contributed by atoms with E-state index >= 15 is 0 Å². The molecule has 0 saturated heterocycles. The summed E-state index contributed by atoms with van der Waals surface area (Å²) in [5.41, 5.74) is 1.78. The van der Waals surface area contributed by atoms with Crippen molar-refractivity contribution in [1.29, 1.82) is 0 Å². The van der Waals surface area contributed by atoms with Gasteiger partial charge in [-0.25, -0.2) is 0 Å². The molecule has 0 bridgehead atoms. The summed E-state index contributed by atoms with van der Waals surface area (Å²) in [6.07, 6.45) is 0.875. The second kappa shape index (κ2) is 6.10. The number of hydrogen-bond donors (Lipinski definition) is 0. The van der Waals surface area contributed by atoms with Crippen LogP contribution in [0.15, 0.2) is 24.3 Å². The van der Waals surface area contributed by atoms with Gasteiger partial charge in [-0.1, -0.05) is 18.2 Å². The Bertz CT molecular complexity index is 383. The fraction of sp³-hybridized carbons (Fsp3) is 0.455. The average Bonchev–Trinajstić information content (AvgIpc) is 2.21. The maximum atomic E-state index is 12.5. The zero-order valence-electron chi connectivity index (χ0n) is 10.2. The van der Waals surface area contributed by atoms with E-state index in [2.05, 4.69) is 0 Å². The molecule has 17 heavy (non-hydrogen) atoms. The van der Waals surface area contributed by atoms with Crippen LogP contribution < -0.4 is 56.3 Å². The van der Waals surface area contributed by atoms with E-state index in [1.807, 2.05) is 19.1 Å². The minimum Gasteiger partial charge on any atom is -0.448 e. The summed E-state index contributed by atoms with van der Waals surface area (Å²) < 4.78 is 37.6. The molecule has 0 spiro atoms. The Labute approximate surface area is 142 Å². The number of fused-ring (bicyclic) bond motifs is 1. The van der Waals surface area contributed by atoms with Crippen LogP contribution in [0.1, 0.15) is 18.9 Å². The Balaban J connectivity index is 0.00000144. The summed E-state index contributed by atoms with van der Waals surface area (Å²) in [4.78, 5) is 1.48. The first-order chi connectivity index (χ1) is 7.47. The number of aryl methyl sites for hydroxylation is 1. The molecule has 0 N–H and O–H groups in total. The van der Waals surface area contributed by atoms with E-state index in [-0.39, 0.29) is 57.4 Å². The largest absolute Gasteiger partial charge is 1.00 e. The van der Waals surface area contributed by atoms with Crippen LogP contribution >= 0.6 is 0 Å². The van der Waals surface area contributed by atoms with Gasteiger partial charge in [0.1, 0.15) is 0 Å². The number of anilines is 1. The molecule has 1 unspecified atom stereocenters. The molecule has 6 heteroatoms. The standard InChI is InChI=1S/C11H14BF3N.K/c1-9-6-7-10-4-2-3-5-11(10)16(9)8-12(13,14)15;/h2-5,9H,6-8H2,1H3;/q-1;+1. The second-order valence-electron chi connectivity index (χ2n) is 4.38. The van der Waals surface area contributed by atoms with E-state index in [4.69, 9.17) is 0 Å². The van der Waals surface area contributed by atoms with E-state index < -0.39 is 13.4 Å². The molecule has 1 nitrogen and oxygen atoms in total. The number of hydrogen-bond acceptors (Lipinski definition) is 1. The third kappa shape index (κ3) is 3.99. The van der Waals surface area contributed by atoms with Crippen molar-refractivity contribution in [2.45, 2.75) is 25.8 Å². The fourth-order valence-electron chi connectivity index (χ4n) is 2.26. The molecule has 88 valence electrons. The number of para-hydroxylation sites is 1. The molecule has 0 fully saturated rings. The number of rotatable bonds is 2. The fourth-order valence-corrected chi connectivity index (χ4v) is 2.26. The monoisotopic (exact) mass is 267 g/mol. The summed E-state index contributed by atoms with van der Waals surface area (Å²) in [5.74, 6) is 0. The average molecular weight is 267 g/mol. The van der Waals surface area contributed by atoms with Gasteiger partial charge in [0.15, 0.2) is 0 Å². The van der Waals surface area contributed by atoms with Crippen molar-refractivity contribution < 1.29 is 64.3 Å². The zero-order valence-corrected chi connectivity index (χ0v) is 13.3. The minimum absolute atomic E-state index is 0. The normalized spacial score (nSPS) is 19.5. The van der Waals surface area contributed by atoms with E-state index in [1.165, 1.54) is 4.90 Å². The van der Waals surface area contributed by atoms with Gasteiger partial charge in [0.25, 0.3) is 0 Å². The Hall–Kier alpha value is 0.511. The predicted octanol–water partition coefficient (Wildman–Crippen LogP) is 0.218. The molecule has 0 saturated carbocycles. The zero-order chi connectivity index (χ0) is 11.8. The van der Waals surface area contributed by atoms with Gasteiger partial charge in [-0.05, 0) is 37.8 Å². The van der Waals surface area contributed by atoms with E-state index in [0.29, 0.717) is 0 Å². The first-order valence-corrected chi connectivity index (χ1v) is 5.53. The maximum Gasteiger partial charge on any atom is 1.00 e. The first-order valence-electron chi connectivity index (χ1n) is 5.53. The van der Waals surface area contributed by atoms with E-state index in [9.17, 15) is 12.9 Å². The van der Waals surface area contributed by atoms with E-state index in [1.54, 1.807) is 12.1 Å². The molecular formula is C11H14BF3KN. The van der Waals surface area contributed by atoms with Crippen LogP contribution in [0.3, 0.4) is 0 Å². The molecule has 1 aliphatic heterocycles. The molecule has 1 heterocycles. The quantitative estimate of drug-likeness (QED) is 0.693. The smallest absolute Gasteiger partial charge is 0.448 e. The van der Waals surface area contributed by atoms with Crippen molar-refractivity contribution in [3.05, 3.63) is 29.8 Å². The maximum absolute atomic E-state index is 12.5. The molecule has 1 aliphatic rings. The van der Waals surface area contributed by atoms with Crippen LogP contribution in [0.25, 0.3) is 0 Å². The molecule has 1 aromatic rings. The topological polar surface area (TPSA) is 3.24 Å². The summed E-state index contributed by atoms with van der Waals surface area (Å²) in [5, 5.41) is 0. The van der Waals surface area contributed by atoms with Crippen molar-refractivity contribution in [3.8, 4) is 0 Å². The molecule has 1 atom stereocenters. The van der Waals surface area contributed by atoms with Crippen LogP contribution in [0, 0.1) is 0 Å². The molecule has 1 aromatic carbocycles. The van der Waals surface area contributed by atoms with Gasteiger partial charge in [0.2, 0.25) is 0 Å². The number of halogens is 3. The Morgan fingerprint density at radius 2 is 1.94 bits per heavy atom. The van der Waals surface area contributed by atoms with Crippen LogP contribution in [-0.2, 0) is 6.42 Å². The van der Waals surface area contributed by atoms with Gasteiger partial charge in [-0.2, -0.15) is 0 Å². The van der Waals surface area contributed by atoms with Crippen LogP contribution in [0.4, 0.5) is 18.6 Å².